The molecule has 1 aromatic heterocycles. The maximum absolute atomic E-state index is 12.0. The number of amides is 1. The number of hydrogen-bond donors (Lipinski definition) is 2. The molecule has 0 aliphatic carbocycles. The van der Waals surface area contributed by atoms with Crippen molar-refractivity contribution in [3.63, 3.8) is 0 Å². The van der Waals surface area contributed by atoms with Gasteiger partial charge in [-0.1, -0.05) is 0 Å². The first kappa shape index (κ1) is 12.7. The van der Waals surface area contributed by atoms with Gasteiger partial charge in [0.25, 0.3) is 5.91 Å². The van der Waals surface area contributed by atoms with Crippen molar-refractivity contribution in [2.45, 2.75) is 6.54 Å². The van der Waals surface area contributed by atoms with Crippen LogP contribution >= 0.6 is 0 Å². The Bertz CT molecular complexity index is 636. The molecule has 2 heterocycles. The summed E-state index contributed by atoms with van der Waals surface area (Å²) in [6, 6.07) is 5.65. The largest absolute Gasteiger partial charge is 0.492 e. The molecular formula is C14H16N4O2. The van der Waals surface area contributed by atoms with Gasteiger partial charge in [0, 0.05) is 37.6 Å². The number of carbonyl (C=O) groups excluding carboxylic acids is 1. The smallest absolute Gasteiger partial charge is 0.275 e. The topological polar surface area (TPSA) is 68.2 Å². The molecule has 0 bridgehead atoms. The van der Waals surface area contributed by atoms with Crippen LogP contribution in [0.4, 0.5) is 5.69 Å². The fourth-order valence-electron chi connectivity index (χ4n) is 2.12. The summed E-state index contributed by atoms with van der Waals surface area (Å²) in [6.45, 7) is 2.22. The Balaban J connectivity index is 1.77. The van der Waals surface area contributed by atoms with Gasteiger partial charge in [0.1, 0.15) is 18.1 Å². The fraction of sp³-hybridized carbons (Fsp3) is 0.286. The summed E-state index contributed by atoms with van der Waals surface area (Å²) >= 11 is 0. The van der Waals surface area contributed by atoms with Gasteiger partial charge in [-0.3, -0.25) is 4.79 Å². The number of anilines is 1. The van der Waals surface area contributed by atoms with E-state index in [1.165, 1.54) is 0 Å². The maximum Gasteiger partial charge on any atom is 0.275 e. The molecule has 1 aliphatic rings. The van der Waals surface area contributed by atoms with Gasteiger partial charge in [-0.05, 0) is 18.2 Å². The van der Waals surface area contributed by atoms with E-state index in [0.29, 0.717) is 12.3 Å². The zero-order chi connectivity index (χ0) is 13.9. The first-order valence-corrected chi connectivity index (χ1v) is 6.48. The molecule has 0 fully saturated rings. The van der Waals surface area contributed by atoms with Crippen molar-refractivity contribution in [2.75, 3.05) is 18.5 Å². The van der Waals surface area contributed by atoms with Crippen molar-refractivity contribution in [3.8, 4) is 5.75 Å². The average molecular weight is 272 g/mol. The minimum atomic E-state index is -0.215. The van der Waals surface area contributed by atoms with Crippen LogP contribution in [0.25, 0.3) is 0 Å². The number of rotatable bonds is 2. The number of ether oxygens (including phenoxy) is 1. The van der Waals surface area contributed by atoms with E-state index in [2.05, 4.69) is 15.6 Å². The zero-order valence-corrected chi connectivity index (χ0v) is 11.2. The monoisotopic (exact) mass is 272 g/mol. The second kappa shape index (κ2) is 5.34. The SMILES string of the molecule is Cn1cnc(C(=O)Nc2ccc3c(c2)CNCCO3)c1. The molecule has 0 spiro atoms. The molecule has 2 aromatic rings. The van der Waals surface area contributed by atoms with Crippen LogP contribution in [0.15, 0.2) is 30.7 Å². The molecule has 1 aliphatic heterocycles. The molecule has 2 N–H and O–H groups in total. The molecule has 0 radical (unpaired) electrons. The van der Waals surface area contributed by atoms with E-state index >= 15 is 0 Å². The lowest BCUT2D eigenvalue weighted by Gasteiger charge is -2.09. The van der Waals surface area contributed by atoms with Crippen molar-refractivity contribution >= 4 is 11.6 Å². The van der Waals surface area contributed by atoms with Gasteiger partial charge in [-0.2, -0.15) is 0 Å². The van der Waals surface area contributed by atoms with Crippen LogP contribution in [0, 0.1) is 0 Å². The zero-order valence-electron chi connectivity index (χ0n) is 11.2. The third-order valence-electron chi connectivity index (χ3n) is 3.11. The number of hydrogen-bond acceptors (Lipinski definition) is 4. The minimum absolute atomic E-state index is 0.215. The number of nitrogens with zero attached hydrogens (tertiary/aromatic N) is 2. The summed E-state index contributed by atoms with van der Waals surface area (Å²) < 4.78 is 7.35. The Labute approximate surface area is 116 Å². The van der Waals surface area contributed by atoms with Crippen molar-refractivity contribution in [1.29, 1.82) is 0 Å². The highest BCUT2D eigenvalue weighted by molar-refractivity contribution is 6.02. The summed E-state index contributed by atoms with van der Waals surface area (Å²) in [4.78, 5) is 16.1. The van der Waals surface area contributed by atoms with Crippen LogP contribution in [-0.4, -0.2) is 28.6 Å². The van der Waals surface area contributed by atoms with E-state index in [0.717, 1.165) is 30.1 Å². The number of aryl methyl sites for hydroxylation is 1. The standard InChI is InChI=1S/C14H16N4O2/c1-18-8-12(16-9-18)14(19)17-11-2-3-13-10(6-11)7-15-4-5-20-13/h2-3,6,8-9,15H,4-5,7H2,1H3,(H,17,19). The first-order valence-electron chi connectivity index (χ1n) is 6.48. The maximum atomic E-state index is 12.0. The molecule has 0 unspecified atom stereocenters. The molecule has 6 heteroatoms. The Kier molecular flexibility index (Phi) is 3.39. The van der Waals surface area contributed by atoms with Crippen molar-refractivity contribution in [2.24, 2.45) is 7.05 Å². The molecule has 104 valence electrons. The van der Waals surface area contributed by atoms with Crippen LogP contribution in [0.2, 0.25) is 0 Å². The summed E-state index contributed by atoms with van der Waals surface area (Å²) in [5, 5.41) is 6.11. The predicted molar refractivity (Wildman–Crippen MR) is 74.8 cm³/mol. The molecule has 20 heavy (non-hydrogen) atoms. The van der Waals surface area contributed by atoms with Crippen LogP contribution in [-0.2, 0) is 13.6 Å². The molecule has 1 aromatic carbocycles. The molecule has 6 nitrogen and oxygen atoms in total. The Morgan fingerprint density at radius 3 is 3.20 bits per heavy atom. The van der Waals surface area contributed by atoms with Gasteiger partial charge in [-0.25, -0.2) is 4.98 Å². The third-order valence-corrected chi connectivity index (χ3v) is 3.11. The quantitative estimate of drug-likeness (QED) is 0.860. The Hall–Kier alpha value is -2.34. The van der Waals surface area contributed by atoms with E-state index in [1.807, 2.05) is 25.2 Å². The van der Waals surface area contributed by atoms with Crippen LogP contribution in [0.1, 0.15) is 16.1 Å². The molecule has 0 atom stereocenters. The summed E-state index contributed by atoms with van der Waals surface area (Å²) in [5.41, 5.74) is 2.19. The number of carbonyl (C=O) groups is 1. The van der Waals surface area contributed by atoms with E-state index in [9.17, 15) is 4.79 Å². The molecule has 1 amide bonds. The normalized spacial score (nSPS) is 14.1. The molecule has 0 saturated carbocycles. The first-order chi connectivity index (χ1) is 9.72. The Morgan fingerprint density at radius 1 is 1.50 bits per heavy atom. The van der Waals surface area contributed by atoms with Crippen molar-refractivity contribution in [3.05, 3.63) is 42.0 Å². The van der Waals surface area contributed by atoms with E-state index in [4.69, 9.17) is 4.74 Å². The summed E-state index contributed by atoms with van der Waals surface area (Å²) in [6.07, 6.45) is 3.28. The molecular weight excluding hydrogens is 256 g/mol. The minimum Gasteiger partial charge on any atom is -0.492 e. The number of aromatic nitrogens is 2. The third kappa shape index (κ3) is 2.65. The second-order valence-corrected chi connectivity index (χ2v) is 4.73. The molecule has 0 saturated heterocycles. The number of imidazole rings is 1. The van der Waals surface area contributed by atoms with Gasteiger partial charge in [0.05, 0.1) is 6.33 Å². The van der Waals surface area contributed by atoms with E-state index in [1.54, 1.807) is 17.1 Å². The fourth-order valence-corrected chi connectivity index (χ4v) is 2.12. The lowest BCUT2D eigenvalue weighted by atomic mass is 10.1. The van der Waals surface area contributed by atoms with Crippen molar-refractivity contribution < 1.29 is 9.53 Å². The lowest BCUT2D eigenvalue weighted by molar-refractivity contribution is 0.102. The number of nitrogens with one attached hydrogen (secondary N) is 2. The Morgan fingerprint density at radius 2 is 2.40 bits per heavy atom. The number of fused-ring (bicyclic) bond motifs is 1. The van der Waals surface area contributed by atoms with E-state index < -0.39 is 0 Å². The van der Waals surface area contributed by atoms with Gasteiger partial charge >= 0.3 is 0 Å². The highest BCUT2D eigenvalue weighted by atomic mass is 16.5. The predicted octanol–water partition coefficient (Wildman–Crippen LogP) is 1.15. The highest BCUT2D eigenvalue weighted by Crippen LogP contribution is 2.24. The van der Waals surface area contributed by atoms with Crippen LogP contribution in [0.5, 0.6) is 5.75 Å². The van der Waals surface area contributed by atoms with Gasteiger partial charge < -0.3 is 19.9 Å². The average Bonchev–Trinajstić information content (AvgIpc) is 2.74. The van der Waals surface area contributed by atoms with E-state index in [-0.39, 0.29) is 5.91 Å². The van der Waals surface area contributed by atoms with Gasteiger partial charge in [0.15, 0.2) is 0 Å². The van der Waals surface area contributed by atoms with Crippen LogP contribution in [0.3, 0.4) is 0 Å². The molecule has 3 rings (SSSR count). The summed E-state index contributed by atoms with van der Waals surface area (Å²) in [5.74, 6) is 0.652. The second-order valence-electron chi connectivity index (χ2n) is 4.73. The van der Waals surface area contributed by atoms with Crippen LogP contribution < -0.4 is 15.4 Å². The van der Waals surface area contributed by atoms with Gasteiger partial charge in [-0.15, -0.1) is 0 Å². The van der Waals surface area contributed by atoms with Gasteiger partial charge in [0.2, 0.25) is 0 Å². The number of benzene rings is 1. The summed E-state index contributed by atoms with van der Waals surface area (Å²) in [7, 11) is 1.83. The lowest BCUT2D eigenvalue weighted by Crippen LogP contribution is -2.16. The highest BCUT2D eigenvalue weighted by Gasteiger charge is 2.12. The van der Waals surface area contributed by atoms with Crippen molar-refractivity contribution in [1.82, 2.24) is 14.9 Å².